The van der Waals surface area contributed by atoms with E-state index >= 15 is 0 Å². The van der Waals surface area contributed by atoms with E-state index in [1.165, 1.54) is 24.5 Å². The highest BCUT2D eigenvalue weighted by Gasteiger charge is 2.12. The van der Waals surface area contributed by atoms with Crippen LogP contribution in [0.5, 0.6) is 11.5 Å². The Balaban J connectivity index is 1.35. The monoisotopic (exact) mass is 357 g/mol. The number of carbonyl (C=O) groups excluding carboxylic acids is 2. The van der Waals surface area contributed by atoms with Crippen LogP contribution in [0.15, 0.2) is 35.9 Å². The molecule has 6 nitrogen and oxygen atoms in total. The Labute approximate surface area is 152 Å². The third-order valence-electron chi connectivity index (χ3n) is 4.31. The van der Waals surface area contributed by atoms with Crippen LogP contribution in [0.2, 0.25) is 0 Å². The number of amides is 1. The van der Waals surface area contributed by atoms with Crippen molar-refractivity contribution in [3.05, 3.63) is 41.5 Å². The van der Waals surface area contributed by atoms with Gasteiger partial charge < -0.3 is 19.5 Å². The van der Waals surface area contributed by atoms with Crippen molar-refractivity contribution in [1.29, 1.82) is 0 Å². The molecule has 1 heterocycles. The molecular weight excluding hydrogens is 334 g/mol. The minimum absolute atomic E-state index is 0.205. The second-order valence-corrected chi connectivity index (χ2v) is 6.26. The summed E-state index contributed by atoms with van der Waals surface area (Å²) < 4.78 is 15.5. The van der Waals surface area contributed by atoms with Gasteiger partial charge in [-0.25, -0.2) is 4.79 Å². The van der Waals surface area contributed by atoms with Gasteiger partial charge in [-0.2, -0.15) is 0 Å². The Bertz CT molecular complexity index is 723. The van der Waals surface area contributed by atoms with E-state index in [0.29, 0.717) is 18.0 Å². The Morgan fingerprint density at radius 1 is 1.19 bits per heavy atom. The van der Waals surface area contributed by atoms with E-state index in [1.807, 2.05) is 6.07 Å². The molecule has 0 atom stereocenters. The molecule has 1 aliphatic carbocycles. The molecule has 1 aliphatic heterocycles. The van der Waals surface area contributed by atoms with Gasteiger partial charge in [0.05, 0.1) is 0 Å². The molecule has 0 aromatic heterocycles. The summed E-state index contributed by atoms with van der Waals surface area (Å²) in [6.07, 6.45) is 10.8. The average molecular weight is 357 g/mol. The number of benzene rings is 1. The van der Waals surface area contributed by atoms with Crippen molar-refractivity contribution in [3.8, 4) is 11.5 Å². The summed E-state index contributed by atoms with van der Waals surface area (Å²) in [5.74, 6) is 0.484. The van der Waals surface area contributed by atoms with Crippen LogP contribution in [-0.4, -0.2) is 31.8 Å². The van der Waals surface area contributed by atoms with Crippen LogP contribution in [0.4, 0.5) is 0 Å². The lowest BCUT2D eigenvalue weighted by atomic mass is 9.97. The number of fused-ring (bicyclic) bond motifs is 1. The molecule has 138 valence electrons. The summed E-state index contributed by atoms with van der Waals surface area (Å²) in [6, 6.07) is 5.37. The van der Waals surface area contributed by atoms with Gasteiger partial charge in [-0.15, -0.1) is 0 Å². The van der Waals surface area contributed by atoms with Crippen LogP contribution in [0.25, 0.3) is 6.08 Å². The molecule has 0 saturated carbocycles. The summed E-state index contributed by atoms with van der Waals surface area (Å²) in [5.41, 5.74) is 2.19. The van der Waals surface area contributed by atoms with E-state index in [9.17, 15) is 9.59 Å². The van der Waals surface area contributed by atoms with Gasteiger partial charge in [0.15, 0.2) is 18.1 Å². The van der Waals surface area contributed by atoms with E-state index in [0.717, 1.165) is 24.8 Å². The summed E-state index contributed by atoms with van der Waals surface area (Å²) in [5, 5.41) is 2.78. The van der Waals surface area contributed by atoms with Crippen LogP contribution in [0.1, 0.15) is 37.7 Å². The zero-order valence-electron chi connectivity index (χ0n) is 14.7. The lowest BCUT2D eigenvalue weighted by Gasteiger charge is -2.12. The SMILES string of the molecule is O=C(COC(=O)C=Cc1ccc2c(c1)OCO2)NCCC1=CCCCC1. The minimum Gasteiger partial charge on any atom is -0.454 e. The Kier molecular flexibility index (Phi) is 6.30. The van der Waals surface area contributed by atoms with Gasteiger partial charge in [0.25, 0.3) is 5.91 Å². The molecule has 1 amide bonds. The quantitative estimate of drug-likeness (QED) is 0.461. The molecule has 6 heteroatoms. The number of allylic oxidation sites excluding steroid dienone is 1. The highest BCUT2D eigenvalue weighted by Crippen LogP contribution is 2.32. The summed E-state index contributed by atoms with van der Waals surface area (Å²) in [7, 11) is 0. The Morgan fingerprint density at radius 3 is 2.92 bits per heavy atom. The zero-order valence-corrected chi connectivity index (χ0v) is 14.7. The molecule has 1 N–H and O–H groups in total. The summed E-state index contributed by atoms with van der Waals surface area (Å²) in [6.45, 7) is 0.509. The van der Waals surface area contributed by atoms with E-state index < -0.39 is 5.97 Å². The largest absolute Gasteiger partial charge is 0.454 e. The van der Waals surface area contributed by atoms with Gasteiger partial charge in [0.1, 0.15) is 0 Å². The number of hydrogen-bond acceptors (Lipinski definition) is 5. The normalized spacial score (nSPS) is 15.6. The van der Waals surface area contributed by atoms with Gasteiger partial charge in [0, 0.05) is 12.6 Å². The van der Waals surface area contributed by atoms with Gasteiger partial charge >= 0.3 is 5.97 Å². The lowest BCUT2D eigenvalue weighted by Crippen LogP contribution is -2.29. The topological polar surface area (TPSA) is 73.9 Å². The molecule has 1 aromatic rings. The molecule has 1 aromatic carbocycles. The predicted molar refractivity (Wildman–Crippen MR) is 96.7 cm³/mol. The first kappa shape index (κ1) is 18.0. The summed E-state index contributed by atoms with van der Waals surface area (Å²) in [4.78, 5) is 23.5. The maximum absolute atomic E-state index is 11.7. The second-order valence-electron chi connectivity index (χ2n) is 6.26. The molecule has 0 fully saturated rings. The number of rotatable bonds is 7. The number of esters is 1. The van der Waals surface area contributed by atoms with Gasteiger partial charge in [-0.05, 0) is 55.9 Å². The molecule has 0 bridgehead atoms. The van der Waals surface area contributed by atoms with Crippen molar-refractivity contribution in [2.75, 3.05) is 19.9 Å². The molecule has 26 heavy (non-hydrogen) atoms. The van der Waals surface area contributed by atoms with Gasteiger partial charge in [-0.3, -0.25) is 4.79 Å². The third kappa shape index (κ3) is 5.37. The first-order valence-electron chi connectivity index (χ1n) is 8.90. The maximum atomic E-state index is 11.7. The van der Waals surface area contributed by atoms with Crippen molar-refractivity contribution in [1.82, 2.24) is 5.32 Å². The van der Waals surface area contributed by atoms with E-state index in [-0.39, 0.29) is 19.3 Å². The first-order chi connectivity index (χ1) is 12.7. The van der Waals surface area contributed by atoms with Crippen molar-refractivity contribution in [2.45, 2.75) is 32.1 Å². The highest BCUT2D eigenvalue weighted by atomic mass is 16.7. The number of nitrogens with one attached hydrogen (secondary N) is 1. The lowest BCUT2D eigenvalue weighted by molar-refractivity contribution is -0.143. The molecule has 0 unspecified atom stereocenters. The predicted octanol–water partition coefficient (Wildman–Crippen LogP) is 2.98. The van der Waals surface area contributed by atoms with Crippen LogP contribution in [0, 0.1) is 0 Å². The fourth-order valence-corrected chi connectivity index (χ4v) is 2.91. The van der Waals surface area contributed by atoms with Gasteiger partial charge in [0.2, 0.25) is 6.79 Å². The number of carbonyl (C=O) groups is 2. The molecule has 0 saturated heterocycles. The Hall–Kier alpha value is -2.76. The van der Waals surface area contributed by atoms with E-state index in [1.54, 1.807) is 18.2 Å². The summed E-state index contributed by atoms with van der Waals surface area (Å²) >= 11 is 0. The van der Waals surface area contributed by atoms with Crippen molar-refractivity contribution in [2.24, 2.45) is 0 Å². The zero-order chi connectivity index (χ0) is 18.2. The smallest absolute Gasteiger partial charge is 0.331 e. The van der Waals surface area contributed by atoms with Crippen molar-refractivity contribution >= 4 is 18.0 Å². The van der Waals surface area contributed by atoms with Crippen LogP contribution >= 0.6 is 0 Å². The van der Waals surface area contributed by atoms with Crippen LogP contribution in [-0.2, 0) is 14.3 Å². The molecule has 0 spiro atoms. The molecular formula is C20H23NO5. The number of hydrogen-bond donors (Lipinski definition) is 1. The van der Waals surface area contributed by atoms with Crippen molar-refractivity contribution in [3.63, 3.8) is 0 Å². The van der Waals surface area contributed by atoms with Crippen LogP contribution < -0.4 is 14.8 Å². The third-order valence-corrected chi connectivity index (χ3v) is 4.31. The van der Waals surface area contributed by atoms with E-state index in [4.69, 9.17) is 14.2 Å². The average Bonchev–Trinajstić information content (AvgIpc) is 3.13. The molecule has 0 radical (unpaired) electrons. The fourth-order valence-electron chi connectivity index (χ4n) is 2.91. The second kappa shape index (κ2) is 9.08. The van der Waals surface area contributed by atoms with Crippen LogP contribution in [0.3, 0.4) is 0 Å². The van der Waals surface area contributed by atoms with Crippen molar-refractivity contribution < 1.29 is 23.8 Å². The Morgan fingerprint density at radius 2 is 2.08 bits per heavy atom. The highest BCUT2D eigenvalue weighted by molar-refractivity contribution is 5.89. The van der Waals surface area contributed by atoms with Gasteiger partial charge in [-0.1, -0.05) is 17.7 Å². The maximum Gasteiger partial charge on any atom is 0.331 e. The molecule has 2 aliphatic rings. The minimum atomic E-state index is -0.562. The fraction of sp³-hybridized carbons (Fsp3) is 0.400. The standard InChI is InChI=1S/C20H23NO5/c22-19(21-11-10-15-4-2-1-3-5-15)13-24-20(23)9-7-16-6-8-17-18(12-16)26-14-25-17/h4,6-9,12H,1-3,5,10-11,13-14H2,(H,21,22). The van der Waals surface area contributed by atoms with E-state index in [2.05, 4.69) is 11.4 Å². The number of ether oxygens (including phenoxy) is 3. The first-order valence-corrected chi connectivity index (χ1v) is 8.90. The molecule has 3 rings (SSSR count).